The molecule has 2 saturated heterocycles. The van der Waals surface area contributed by atoms with Gasteiger partial charge in [-0.25, -0.2) is 0 Å². The van der Waals surface area contributed by atoms with Gasteiger partial charge in [-0.2, -0.15) is 0 Å². The number of aliphatic hydroxyl groups excluding tert-OH is 8. The Morgan fingerprint density at radius 1 is 0.667 bits per heavy atom. The molecule has 0 saturated carbocycles. The number of rotatable bonds is 16. The molecule has 2 rings (SSSR count). The molecular weight excluding hydrogens is 480 g/mol. The van der Waals surface area contributed by atoms with E-state index in [4.69, 9.17) is 18.9 Å². The van der Waals surface area contributed by atoms with Crippen LogP contribution in [-0.4, -0.2) is 128 Å². The summed E-state index contributed by atoms with van der Waals surface area (Å²) in [7, 11) is 0. The van der Waals surface area contributed by atoms with Crippen LogP contribution in [0.3, 0.4) is 0 Å². The monoisotopic (exact) mass is 526 g/mol. The van der Waals surface area contributed by atoms with E-state index < -0.39 is 74.6 Å². The molecule has 0 radical (unpaired) electrons. The third-order valence-electron chi connectivity index (χ3n) is 6.82. The van der Waals surface area contributed by atoms with E-state index in [1.54, 1.807) is 0 Å². The van der Waals surface area contributed by atoms with E-state index in [-0.39, 0.29) is 12.7 Å². The van der Waals surface area contributed by atoms with Crippen LogP contribution in [-0.2, 0) is 18.9 Å². The standard InChI is InChI=1S/C24H46O12/c1-2-3-4-6-9-14(27)10-7-5-8-11-33-22-18(29)16(13-26)35-24(21(22)32)36-23-20(31)19(30)17(28)15(12-25)34-23/h14-32H,2-13H2,1H3/t14?,15-,16-,17-,18-,19+,20-,21-,22+,23-,24-/m1/s1. The normalized spacial score (nSPS) is 38.2. The molecule has 2 aliphatic rings. The van der Waals surface area contributed by atoms with E-state index >= 15 is 0 Å². The van der Waals surface area contributed by atoms with E-state index in [1.807, 2.05) is 0 Å². The predicted octanol–water partition coefficient (Wildman–Crippen LogP) is -1.48. The van der Waals surface area contributed by atoms with Gasteiger partial charge < -0.3 is 59.8 Å². The summed E-state index contributed by atoms with van der Waals surface area (Å²) in [4.78, 5) is 0. The zero-order chi connectivity index (χ0) is 26.7. The van der Waals surface area contributed by atoms with Gasteiger partial charge >= 0.3 is 0 Å². The smallest absolute Gasteiger partial charge is 0.189 e. The van der Waals surface area contributed by atoms with Crippen molar-refractivity contribution in [2.24, 2.45) is 0 Å². The van der Waals surface area contributed by atoms with Crippen molar-refractivity contribution in [3.05, 3.63) is 0 Å². The minimum Gasteiger partial charge on any atom is -0.394 e. The molecule has 0 amide bonds. The van der Waals surface area contributed by atoms with Crippen molar-refractivity contribution >= 4 is 0 Å². The Hall–Kier alpha value is -0.480. The van der Waals surface area contributed by atoms with Crippen molar-refractivity contribution < 1.29 is 59.8 Å². The minimum absolute atomic E-state index is 0.205. The van der Waals surface area contributed by atoms with E-state index in [0.717, 1.165) is 38.5 Å². The Balaban J connectivity index is 1.81. The molecule has 0 aromatic carbocycles. The summed E-state index contributed by atoms with van der Waals surface area (Å²) in [5.74, 6) is 0. The molecule has 0 aromatic heterocycles. The van der Waals surface area contributed by atoms with Crippen molar-refractivity contribution in [2.45, 2.75) is 132 Å². The van der Waals surface area contributed by atoms with Gasteiger partial charge in [-0.15, -0.1) is 0 Å². The Morgan fingerprint density at radius 2 is 1.22 bits per heavy atom. The van der Waals surface area contributed by atoms with E-state index in [0.29, 0.717) is 12.8 Å². The fourth-order valence-electron chi connectivity index (χ4n) is 4.50. The van der Waals surface area contributed by atoms with Gasteiger partial charge in [0.25, 0.3) is 0 Å². The second kappa shape index (κ2) is 16.5. The van der Waals surface area contributed by atoms with Crippen LogP contribution < -0.4 is 0 Å². The first-order valence-electron chi connectivity index (χ1n) is 13.1. The van der Waals surface area contributed by atoms with Crippen molar-refractivity contribution in [1.29, 1.82) is 0 Å². The lowest BCUT2D eigenvalue weighted by Gasteiger charge is -2.45. The van der Waals surface area contributed by atoms with Crippen molar-refractivity contribution in [3.8, 4) is 0 Å². The highest BCUT2D eigenvalue weighted by atomic mass is 16.8. The molecule has 1 unspecified atom stereocenters. The van der Waals surface area contributed by atoms with Gasteiger partial charge in [-0.1, -0.05) is 45.4 Å². The molecule has 0 aliphatic carbocycles. The summed E-state index contributed by atoms with van der Waals surface area (Å²) >= 11 is 0. The average Bonchev–Trinajstić information content (AvgIpc) is 2.87. The molecule has 0 spiro atoms. The van der Waals surface area contributed by atoms with Crippen molar-refractivity contribution in [2.75, 3.05) is 19.8 Å². The van der Waals surface area contributed by atoms with E-state index in [9.17, 15) is 40.9 Å². The van der Waals surface area contributed by atoms with Gasteiger partial charge in [0, 0.05) is 6.61 Å². The zero-order valence-corrected chi connectivity index (χ0v) is 21.0. The number of hydrogen-bond acceptors (Lipinski definition) is 12. The molecule has 2 heterocycles. The quantitative estimate of drug-likeness (QED) is 0.109. The molecular formula is C24H46O12. The third-order valence-corrected chi connectivity index (χ3v) is 6.82. The second-order valence-electron chi connectivity index (χ2n) is 9.73. The summed E-state index contributed by atoms with van der Waals surface area (Å²) < 4.78 is 21.9. The zero-order valence-electron chi connectivity index (χ0n) is 21.0. The summed E-state index contributed by atoms with van der Waals surface area (Å²) in [6.45, 7) is 1.10. The lowest BCUT2D eigenvalue weighted by atomic mass is 9.98. The highest BCUT2D eigenvalue weighted by Gasteiger charge is 2.50. The first kappa shape index (κ1) is 31.7. The average molecular weight is 527 g/mol. The van der Waals surface area contributed by atoms with Gasteiger partial charge in [-0.05, 0) is 19.3 Å². The maximum absolute atomic E-state index is 10.7. The molecule has 2 aliphatic heterocycles. The molecule has 36 heavy (non-hydrogen) atoms. The van der Waals surface area contributed by atoms with Gasteiger partial charge in [0.15, 0.2) is 12.6 Å². The molecule has 11 atom stereocenters. The Bertz CT molecular complexity index is 581. The second-order valence-corrected chi connectivity index (χ2v) is 9.73. The topological polar surface area (TPSA) is 199 Å². The van der Waals surface area contributed by atoms with Gasteiger partial charge in [-0.3, -0.25) is 0 Å². The molecule has 0 aromatic rings. The third kappa shape index (κ3) is 9.07. The van der Waals surface area contributed by atoms with Gasteiger partial charge in [0.05, 0.1) is 19.3 Å². The molecule has 0 bridgehead atoms. The largest absolute Gasteiger partial charge is 0.394 e. The number of unbranched alkanes of at least 4 members (excludes halogenated alkanes) is 5. The van der Waals surface area contributed by atoms with Crippen LogP contribution in [0.15, 0.2) is 0 Å². The predicted molar refractivity (Wildman–Crippen MR) is 126 cm³/mol. The van der Waals surface area contributed by atoms with Crippen LogP contribution in [0.2, 0.25) is 0 Å². The summed E-state index contributed by atoms with van der Waals surface area (Å²) in [5, 5.41) is 80.2. The minimum atomic E-state index is -1.71. The molecule has 2 fully saturated rings. The van der Waals surface area contributed by atoms with Crippen LogP contribution in [0.1, 0.15) is 64.7 Å². The first-order valence-corrected chi connectivity index (χ1v) is 13.1. The van der Waals surface area contributed by atoms with Crippen molar-refractivity contribution in [3.63, 3.8) is 0 Å². The molecule has 12 heteroatoms. The maximum Gasteiger partial charge on any atom is 0.189 e. The first-order chi connectivity index (χ1) is 17.2. The summed E-state index contributed by atoms with van der Waals surface area (Å²) in [5.41, 5.74) is 0. The van der Waals surface area contributed by atoms with E-state index in [2.05, 4.69) is 6.92 Å². The maximum atomic E-state index is 10.7. The number of aliphatic hydroxyl groups is 8. The molecule has 12 nitrogen and oxygen atoms in total. The summed E-state index contributed by atoms with van der Waals surface area (Å²) in [6.07, 6.45) is -6.53. The van der Waals surface area contributed by atoms with Gasteiger partial charge in [0.2, 0.25) is 0 Å². The molecule has 8 N–H and O–H groups in total. The van der Waals surface area contributed by atoms with E-state index in [1.165, 1.54) is 6.42 Å². The van der Waals surface area contributed by atoms with Crippen molar-refractivity contribution in [1.82, 2.24) is 0 Å². The number of hydrogen-bond donors (Lipinski definition) is 8. The fourth-order valence-corrected chi connectivity index (χ4v) is 4.50. The molecule has 214 valence electrons. The Morgan fingerprint density at radius 3 is 1.81 bits per heavy atom. The lowest BCUT2D eigenvalue weighted by molar-refractivity contribution is -0.378. The van der Waals surface area contributed by atoms with Crippen LogP contribution in [0, 0.1) is 0 Å². The van der Waals surface area contributed by atoms with Crippen LogP contribution in [0.5, 0.6) is 0 Å². The van der Waals surface area contributed by atoms with Crippen LogP contribution >= 0.6 is 0 Å². The lowest BCUT2D eigenvalue weighted by Crippen LogP contribution is -2.64. The fraction of sp³-hybridized carbons (Fsp3) is 1.00. The van der Waals surface area contributed by atoms with Crippen LogP contribution in [0.4, 0.5) is 0 Å². The Kier molecular flexibility index (Phi) is 14.5. The number of ether oxygens (including phenoxy) is 4. The SMILES string of the molecule is CCCCCCC(O)CCCCCO[C@@H]1[C@@H](O)[C@@H](O[C@H]2O[C@H](CO)[C@@H](O)[C@H](O)[C@H]2O)O[C@H](CO)[C@H]1O. The summed E-state index contributed by atoms with van der Waals surface area (Å²) in [6, 6.07) is 0. The highest BCUT2D eigenvalue weighted by Crippen LogP contribution is 2.29. The van der Waals surface area contributed by atoms with Gasteiger partial charge in [0.1, 0.15) is 48.8 Å². The van der Waals surface area contributed by atoms with Crippen LogP contribution in [0.25, 0.3) is 0 Å². The Labute approximate surface area is 212 Å². The highest BCUT2D eigenvalue weighted by molar-refractivity contribution is 4.93.